The number of sulfone groups is 1. The van der Waals surface area contributed by atoms with Gasteiger partial charge < -0.3 is 10.6 Å². The third-order valence-corrected chi connectivity index (χ3v) is 3.87. The fourth-order valence-electron chi connectivity index (χ4n) is 1.99. The van der Waals surface area contributed by atoms with Crippen molar-refractivity contribution >= 4 is 15.8 Å². The van der Waals surface area contributed by atoms with Crippen LogP contribution in [0.3, 0.4) is 0 Å². The van der Waals surface area contributed by atoms with Crippen LogP contribution in [0.15, 0.2) is 23.2 Å². The Hall–Kier alpha value is -1.84. The molecule has 0 spiro atoms. The monoisotopic (exact) mass is 383 g/mol. The van der Waals surface area contributed by atoms with Crippen molar-refractivity contribution in [3.63, 3.8) is 0 Å². The minimum Gasteiger partial charge on any atom is -0.357 e. The summed E-state index contributed by atoms with van der Waals surface area (Å²) in [5.74, 6) is -0.672. The van der Waals surface area contributed by atoms with E-state index in [4.69, 9.17) is 0 Å². The van der Waals surface area contributed by atoms with Crippen LogP contribution < -0.4 is 10.6 Å². The van der Waals surface area contributed by atoms with Crippen LogP contribution >= 0.6 is 0 Å². The fourth-order valence-corrected chi connectivity index (χ4v) is 2.84. The molecule has 10 heteroatoms. The molecule has 0 heterocycles. The summed E-state index contributed by atoms with van der Waals surface area (Å²) in [7, 11) is -3.32. The van der Waals surface area contributed by atoms with Crippen LogP contribution in [0.2, 0.25) is 0 Å². The van der Waals surface area contributed by atoms with Gasteiger partial charge in [-0.25, -0.2) is 17.8 Å². The first-order valence-electron chi connectivity index (χ1n) is 7.54. The number of hydrogen-bond acceptors (Lipinski definition) is 3. The van der Waals surface area contributed by atoms with E-state index in [-0.39, 0.29) is 24.8 Å². The highest BCUT2D eigenvalue weighted by Gasteiger charge is 2.26. The lowest BCUT2D eigenvalue weighted by Crippen LogP contribution is -2.38. The van der Waals surface area contributed by atoms with Gasteiger partial charge in [0.15, 0.2) is 15.8 Å². The summed E-state index contributed by atoms with van der Waals surface area (Å²) in [6.45, 7) is 1.76. The SMILES string of the molecule is CCNC(=NCc1cc(F)ccc1CS(C)(=O)=O)NCCC(F)(F)F. The molecule has 1 rings (SSSR count). The first kappa shape index (κ1) is 21.2. The van der Waals surface area contributed by atoms with Gasteiger partial charge in [0.25, 0.3) is 0 Å². The molecule has 0 aliphatic carbocycles. The maximum atomic E-state index is 13.4. The zero-order valence-electron chi connectivity index (χ0n) is 14.0. The largest absolute Gasteiger partial charge is 0.390 e. The van der Waals surface area contributed by atoms with Crippen LogP contribution in [0.4, 0.5) is 17.6 Å². The molecule has 2 N–H and O–H groups in total. The Kier molecular flexibility index (Phi) is 7.65. The van der Waals surface area contributed by atoms with Crippen LogP contribution in [-0.4, -0.2) is 39.9 Å². The molecule has 5 nitrogen and oxygen atoms in total. The average molecular weight is 383 g/mol. The van der Waals surface area contributed by atoms with E-state index in [1.165, 1.54) is 12.1 Å². The number of halogens is 4. The highest BCUT2D eigenvalue weighted by atomic mass is 32.2. The first-order valence-corrected chi connectivity index (χ1v) is 9.60. The van der Waals surface area contributed by atoms with Crippen molar-refractivity contribution in [1.29, 1.82) is 0 Å². The molecule has 142 valence electrons. The van der Waals surface area contributed by atoms with Crippen LogP contribution in [0.25, 0.3) is 0 Å². The Morgan fingerprint density at radius 3 is 2.44 bits per heavy atom. The molecular formula is C15H21F4N3O2S. The normalized spacial score (nSPS) is 13.0. The fraction of sp³-hybridized carbons (Fsp3) is 0.533. The summed E-state index contributed by atoms with van der Waals surface area (Å²) in [5.41, 5.74) is 0.761. The number of rotatable bonds is 7. The van der Waals surface area contributed by atoms with Gasteiger partial charge in [-0.05, 0) is 30.2 Å². The Morgan fingerprint density at radius 1 is 1.20 bits per heavy atom. The third-order valence-electron chi connectivity index (χ3n) is 3.04. The number of alkyl halides is 3. The number of hydrogen-bond donors (Lipinski definition) is 2. The van der Waals surface area contributed by atoms with Gasteiger partial charge in [0, 0.05) is 19.3 Å². The number of nitrogens with zero attached hydrogens (tertiary/aromatic N) is 1. The molecule has 0 saturated heterocycles. The number of aliphatic imine (C=N–C) groups is 1. The van der Waals surface area contributed by atoms with Crippen LogP contribution in [0.1, 0.15) is 24.5 Å². The van der Waals surface area contributed by atoms with Gasteiger partial charge >= 0.3 is 6.18 Å². The summed E-state index contributed by atoms with van der Waals surface area (Å²) in [5, 5.41) is 5.32. The van der Waals surface area contributed by atoms with E-state index in [0.29, 0.717) is 17.7 Å². The van der Waals surface area contributed by atoms with Crippen molar-refractivity contribution in [2.45, 2.75) is 31.8 Å². The lowest BCUT2D eigenvalue weighted by molar-refractivity contribution is -0.132. The number of benzene rings is 1. The van der Waals surface area contributed by atoms with Crippen molar-refractivity contribution in [2.24, 2.45) is 4.99 Å². The molecular weight excluding hydrogens is 362 g/mol. The van der Waals surface area contributed by atoms with E-state index in [9.17, 15) is 26.0 Å². The zero-order valence-corrected chi connectivity index (χ0v) is 14.8. The third kappa shape index (κ3) is 9.28. The van der Waals surface area contributed by atoms with E-state index in [0.717, 1.165) is 12.3 Å². The van der Waals surface area contributed by atoms with E-state index in [1.54, 1.807) is 6.92 Å². The Morgan fingerprint density at radius 2 is 1.88 bits per heavy atom. The smallest absolute Gasteiger partial charge is 0.357 e. The standard InChI is InChI=1S/C15H21F4N3O2S/c1-3-20-14(21-7-6-15(17,18)19)22-9-12-8-13(16)5-4-11(12)10-25(2,23)24/h4-5,8H,3,6-7,9-10H2,1-2H3,(H2,20,21,22). The van der Waals surface area contributed by atoms with Gasteiger partial charge in [-0.3, -0.25) is 0 Å². The quantitative estimate of drug-likeness (QED) is 0.431. The maximum absolute atomic E-state index is 13.4. The summed E-state index contributed by atoms with van der Waals surface area (Å²) in [4.78, 5) is 4.10. The van der Waals surface area contributed by atoms with Gasteiger partial charge in [0.1, 0.15) is 5.82 Å². The molecule has 1 aromatic carbocycles. The Balaban J connectivity index is 2.89. The summed E-state index contributed by atoms with van der Waals surface area (Å²) >= 11 is 0. The van der Waals surface area contributed by atoms with Crippen molar-refractivity contribution in [2.75, 3.05) is 19.3 Å². The molecule has 25 heavy (non-hydrogen) atoms. The highest BCUT2D eigenvalue weighted by molar-refractivity contribution is 7.89. The first-order chi connectivity index (χ1) is 11.5. The van der Waals surface area contributed by atoms with Gasteiger partial charge in [-0.2, -0.15) is 13.2 Å². The minimum absolute atomic E-state index is 0.0655. The van der Waals surface area contributed by atoms with Gasteiger partial charge in [0.2, 0.25) is 0 Å². The molecule has 0 saturated carbocycles. The molecule has 0 amide bonds. The van der Waals surface area contributed by atoms with Gasteiger partial charge in [-0.15, -0.1) is 0 Å². The number of guanidine groups is 1. The molecule has 0 aromatic heterocycles. The van der Waals surface area contributed by atoms with E-state index < -0.39 is 28.3 Å². The average Bonchev–Trinajstić information content (AvgIpc) is 2.44. The Bertz CT molecular complexity index is 703. The molecule has 0 bridgehead atoms. The van der Waals surface area contributed by atoms with E-state index >= 15 is 0 Å². The van der Waals surface area contributed by atoms with Crippen LogP contribution in [0.5, 0.6) is 0 Å². The summed E-state index contributed by atoms with van der Waals surface area (Å²) in [6.07, 6.45) is -4.24. The topological polar surface area (TPSA) is 70.6 Å². The van der Waals surface area contributed by atoms with Crippen LogP contribution in [-0.2, 0) is 22.1 Å². The predicted molar refractivity (Wildman–Crippen MR) is 88.4 cm³/mol. The lowest BCUT2D eigenvalue weighted by atomic mass is 10.1. The molecule has 0 radical (unpaired) electrons. The zero-order chi connectivity index (χ0) is 19.1. The molecule has 0 aliphatic heterocycles. The predicted octanol–water partition coefficient (Wildman–Crippen LogP) is 2.38. The van der Waals surface area contributed by atoms with Gasteiger partial charge in [-0.1, -0.05) is 6.07 Å². The van der Waals surface area contributed by atoms with Gasteiger partial charge in [0.05, 0.1) is 18.7 Å². The molecule has 0 atom stereocenters. The van der Waals surface area contributed by atoms with E-state index in [2.05, 4.69) is 15.6 Å². The second kappa shape index (κ2) is 9.02. The lowest BCUT2D eigenvalue weighted by Gasteiger charge is -2.13. The van der Waals surface area contributed by atoms with Crippen molar-refractivity contribution in [3.8, 4) is 0 Å². The molecule has 0 aliphatic rings. The van der Waals surface area contributed by atoms with Crippen molar-refractivity contribution in [1.82, 2.24) is 10.6 Å². The summed E-state index contributed by atoms with van der Waals surface area (Å²) in [6, 6.07) is 3.69. The second-order valence-corrected chi connectivity index (χ2v) is 7.61. The second-order valence-electron chi connectivity index (χ2n) is 5.47. The highest BCUT2D eigenvalue weighted by Crippen LogP contribution is 2.18. The van der Waals surface area contributed by atoms with E-state index in [1.807, 2.05) is 0 Å². The summed E-state index contributed by atoms with van der Waals surface area (Å²) < 4.78 is 72.9. The molecule has 0 fully saturated rings. The maximum Gasteiger partial charge on any atom is 0.390 e. The van der Waals surface area contributed by atoms with Crippen molar-refractivity contribution in [3.05, 3.63) is 35.1 Å². The minimum atomic E-state index is -4.28. The Labute approximate surface area is 144 Å². The molecule has 1 aromatic rings. The van der Waals surface area contributed by atoms with Crippen LogP contribution in [0, 0.1) is 5.82 Å². The molecule has 0 unspecified atom stereocenters. The number of nitrogens with one attached hydrogen (secondary N) is 2. The van der Waals surface area contributed by atoms with Crippen molar-refractivity contribution < 1.29 is 26.0 Å².